The van der Waals surface area contributed by atoms with Crippen LogP contribution in [0.2, 0.25) is 0 Å². The second-order valence-electron chi connectivity index (χ2n) is 8.28. The van der Waals surface area contributed by atoms with Crippen molar-refractivity contribution in [1.29, 1.82) is 0 Å². The first-order valence-electron chi connectivity index (χ1n) is 10.7. The number of rotatable bonds is 14. The van der Waals surface area contributed by atoms with Gasteiger partial charge in [-0.1, -0.05) is 26.0 Å². The summed E-state index contributed by atoms with van der Waals surface area (Å²) < 4.78 is 0. The van der Waals surface area contributed by atoms with E-state index in [9.17, 15) is 34.2 Å². The molecule has 1 aromatic rings. The maximum Gasteiger partial charge on any atom is 0.326 e. The Bertz CT molecular complexity index is 872. The van der Waals surface area contributed by atoms with Gasteiger partial charge in [-0.15, -0.1) is 0 Å². The fourth-order valence-electron chi connectivity index (χ4n) is 2.99. The lowest BCUT2D eigenvalue weighted by Gasteiger charge is -2.21. The van der Waals surface area contributed by atoms with Gasteiger partial charge in [0.1, 0.15) is 17.8 Å². The molecule has 0 radical (unpaired) electrons. The monoisotopic (exact) mass is 480 g/mol. The summed E-state index contributed by atoms with van der Waals surface area (Å²) in [5, 5.41) is 34.6. The molecule has 0 aliphatic rings. The number of amides is 3. The number of carbonyl (C=O) groups excluding carboxylic acids is 3. The molecule has 3 amide bonds. The van der Waals surface area contributed by atoms with Gasteiger partial charge in [-0.2, -0.15) is 0 Å². The van der Waals surface area contributed by atoms with E-state index in [0.29, 0.717) is 5.56 Å². The molecule has 0 heterocycles. The molecule has 12 nitrogen and oxygen atoms in total. The molecule has 8 N–H and O–H groups in total. The summed E-state index contributed by atoms with van der Waals surface area (Å²) in [6, 6.07) is 2.46. The molecule has 1 aromatic carbocycles. The van der Waals surface area contributed by atoms with Crippen LogP contribution in [0.25, 0.3) is 0 Å². The van der Waals surface area contributed by atoms with E-state index in [-0.39, 0.29) is 37.4 Å². The highest BCUT2D eigenvalue weighted by Gasteiger charge is 2.26. The van der Waals surface area contributed by atoms with E-state index in [0.717, 1.165) is 0 Å². The molecule has 0 aliphatic heterocycles. The van der Waals surface area contributed by atoms with Gasteiger partial charge in [0, 0.05) is 12.8 Å². The van der Waals surface area contributed by atoms with Gasteiger partial charge in [-0.25, -0.2) is 4.79 Å². The first-order chi connectivity index (χ1) is 15.9. The van der Waals surface area contributed by atoms with E-state index >= 15 is 0 Å². The smallest absolute Gasteiger partial charge is 0.326 e. The molecule has 188 valence electrons. The normalized spacial score (nSPS) is 13.4. The van der Waals surface area contributed by atoms with Crippen LogP contribution in [0.5, 0.6) is 5.75 Å². The number of carbonyl (C=O) groups is 5. The summed E-state index contributed by atoms with van der Waals surface area (Å²) in [4.78, 5) is 59.3. The largest absolute Gasteiger partial charge is 0.508 e. The van der Waals surface area contributed by atoms with Gasteiger partial charge in [0.25, 0.3) is 0 Å². The summed E-state index contributed by atoms with van der Waals surface area (Å²) >= 11 is 0. The molecule has 1 rings (SSSR count). The molecule has 12 heteroatoms. The summed E-state index contributed by atoms with van der Waals surface area (Å²) in [5.74, 6) is -4.47. The zero-order valence-corrected chi connectivity index (χ0v) is 19.1. The average molecular weight is 481 g/mol. The van der Waals surface area contributed by atoms with Gasteiger partial charge in [0.2, 0.25) is 17.7 Å². The van der Waals surface area contributed by atoms with Crippen LogP contribution in [0.3, 0.4) is 0 Å². The zero-order valence-electron chi connectivity index (χ0n) is 19.1. The van der Waals surface area contributed by atoms with Crippen molar-refractivity contribution in [2.45, 2.75) is 57.7 Å². The first kappa shape index (κ1) is 28.4. The van der Waals surface area contributed by atoms with Gasteiger partial charge in [-0.05, 0) is 36.5 Å². The summed E-state index contributed by atoms with van der Waals surface area (Å²) in [7, 11) is 0. The van der Waals surface area contributed by atoms with Crippen LogP contribution in [-0.2, 0) is 30.4 Å². The molecule has 3 atom stereocenters. The van der Waals surface area contributed by atoms with Crippen LogP contribution in [0, 0.1) is 5.92 Å². The van der Waals surface area contributed by atoms with Crippen molar-refractivity contribution >= 4 is 29.7 Å². The molecular formula is C22H32N4O8. The van der Waals surface area contributed by atoms with Crippen LogP contribution in [0.1, 0.15) is 38.7 Å². The average Bonchev–Trinajstić information content (AvgIpc) is 2.75. The number of aromatic hydroxyl groups is 1. The molecule has 0 saturated carbocycles. The highest BCUT2D eigenvalue weighted by Crippen LogP contribution is 2.12. The lowest BCUT2D eigenvalue weighted by molar-refractivity contribution is -0.142. The number of nitrogens with one attached hydrogen (secondary N) is 3. The van der Waals surface area contributed by atoms with E-state index in [4.69, 9.17) is 10.8 Å². The standard InChI is InChI=1S/C22H32N4O8/c1-12(2)9-17(22(33)34)25-18(28)11-24-21(32)16(10-13-3-5-14(27)6-4-13)26-20(31)15(23)7-8-19(29)30/h3-6,12,15-17,27H,7-11,23H2,1-2H3,(H,24,32)(H,25,28)(H,26,31)(H,29,30)(H,33,34). The Morgan fingerprint density at radius 3 is 2.09 bits per heavy atom. The second kappa shape index (κ2) is 13.8. The number of aliphatic carboxylic acids is 2. The van der Waals surface area contributed by atoms with Crippen molar-refractivity contribution in [2.24, 2.45) is 11.7 Å². The molecular weight excluding hydrogens is 448 g/mol. The number of nitrogens with two attached hydrogens (primary N) is 1. The van der Waals surface area contributed by atoms with Crippen LogP contribution in [-0.4, -0.2) is 69.7 Å². The fourth-order valence-corrected chi connectivity index (χ4v) is 2.99. The van der Waals surface area contributed by atoms with Crippen molar-refractivity contribution < 1.29 is 39.3 Å². The molecule has 0 bridgehead atoms. The Balaban J connectivity index is 2.83. The highest BCUT2D eigenvalue weighted by molar-refractivity contribution is 5.92. The minimum absolute atomic E-state index is 0.00375. The third-order valence-electron chi connectivity index (χ3n) is 4.78. The number of carboxylic acids is 2. The zero-order chi connectivity index (χ0) is 25.8. The highest BCUT2D eigenvalue weighted by atomic mass is 16.4. The number of benzene rings is 1. The van der Waals surface area contributed by atoms with Gasteiger partial charge >= 0.3 is 11.9 Å². The quantitative estimate of drug-likeness (QED) is 0.180. The van der Waals surface area contributed by atoms with Crippen molar-refractivity contribution in [3.8, 4) is 5.75 Å². The summed E-state index contributed by atoms with van der Waals surface area (Å²) in [6.07, 6.45) is -0.257. The van der Waals surface area contributed by atoms with Crippen molar-refractivity contribution in [2.75, 3.05) is 6.54 Å². The third kappa shape index (κ3) is 10.8. The fraction of sp³-hybridized carbons (Fsp3) is 0.500. The molecule has 0 aliphatic carbocycles. The summed E-state index contributed by atoms with van der Waals surface area (Å²) in [6.45, 7) is 3.09. The van der Waals surface area contributed by atoms with Crippen LogP contribution < -0.4 is 21.7 Å². The van der Waals surface area contributed by atoms with E-state index in [1.165, 1.54) is 12.1 Å². The van der Waals surface area contributed by atoms with E-state index in [1.54, 1.807) is 12.1 Å². The number of hydrogen-bond acceptors (Lipinski definition) is 7. The Morgan fingerprint density at radius 2 is 1.56 bits per heavy atom. The number of hydrogen-bond donors (Lipinski definition) is 7. The van der Waals surface area contributed by atoms with Gasteiger partial charge < -0.3 is 37.0 Å². The van der Waals surface area contributed by atoms with E-state index in [2.05, 4.69) is 16.0 Å². The Kier molecular flexibility index (Phi) is 11.5. The second-order valence-corrected chi connectivity index (χ2v) is 8.28. The Hall–Kier alpha value is -3.67. The Labute approximate surface area is 196 Å². The van der Waals surface area contributed by atoms with E-state index in [1.807, 2.05) is 13.8 Å². The van der Waals surface area contributed by atoms with Crippen molar-refractivity contribution in [3.05, 3.63) is 29.8 Å². The van der Waals surface area contributed by atoms with Crippen LogP contribution in [0.15, 0.2) is 24.3 Å². The molecule has 0 saturated heterocycles. The number of phenols is 1. The predicted molar refractivity (Wildman–Crippen MR) is 121 cm³/mol. The van der Waals surface area contributed by atoms with Gasteiger partial charge in [-0.3, -0.25) is 19.2 Å². The number of phenolic OH excluding ortho intramolecular Hbond substituents is 1. The predicted octanol–water partition coefficient (Wildman–Crippen LogP) is -0.657. The summed E-state index contributed by atoms with van der Waals surface area (Å²) in [5.41, 5.74) is 6.30. The molecule has 3 unspecified atom stereocenters. The molecule has 0 aromatic heterocycles. The van der Waals surface area contributed by atoms with Crippen LogP contribution in [0.4, 0.5) is 0 Å². The van der Waals surface area contributed by atoms with Crippen molar-refractivity contribution in [3.63, 3.8) is 0 Å². The third-order valence-corrected chi connectivity index (χ3v) is 4.78. The topological polar surface area (TPSA) is 208 Å². The first-order valence-corrected chi connectivity index (χ1v) is 10.7. The molecule has 0 spiro atoms. The van der Waals surface area contributed by atoms with Gasteiger partial charge in [0.05, 0.1) is 12.6 Å². The Morgan fingerprint density at radius 1 is 0.941 bits per heavy atom. The molecule has 0 fully saturated rings. The van der Waals surface area contributed by atoms with Crippen molar-refractivity contribution in [1.82, 2.24) is 16.0 Å². The molecule has 34 heavy (non-hydrogen) atoms. The maximum absolute atomic E-state index is 12.7. The van der Waals surface area contributed by atoms with Gasteiger partial charge in [0.15, 0.2) is 0 Å². The minimum atomic E-state index is -1.19. The SMILES string of the molecule is CC(C)CC(NC(=O)CNC(=O)C(Cc1ccc(O)cc1)NC(=O)C(N)CCC(=O)O)C(=O)O. The maximum atomic E-state index is 12.7. The van der Waals surface area contributed by atoms with Crippen LogP contribution >= 0.6 is 0 Å². The number of carboxylic acid groups (broad SMARTS) is 2. The lowest BCUT2D eigenvalue weighted by atomic mass is 10.0. The van der Waals surface area contributed by atoms with E-state index < -0.39 is 54.3 Å². The lowest BCUT2D eigenvalue weighted by Crippen LogP contribution is -2.54. The minimum Gasteiger partial charge on any atom is -0.508 e.